The second kappa shape index (κ2) is 5.45. The zero-order valence-corrected chi connectivity index (χ0v) is 12.4. The van der Waals surface area contributed by atoms with Gasteiger partial charge in [-0.2, -0.15) is 5.10 Å². The molecule has 0 unspecified atom stereocenters. The predicted molar refractivity (Wildman–Crippen MR) is 80.5 cm³/mol. The van der Waals surface area contributed by atoms with Gasteiger partial charge in [0.25, 0.3) is 5.91 Å². The summed E-state index contributed by atoms with van der Waals surface area (Å²) in [5, 5.41) is 6.64. The predicted octanol–water partition coefficient (Wildman–Crippen LogP) is 2.09. The Balaban J connectivity index is 1.89. The average molecular weight is 299 g/mol. The van der Waals surface area contributed by atoms with E-state index >= 15 is 0 Å². The molecule has 0 fully saturated rings. The lowest BCUT2D eigenvalue weighted by Gasteiger charge is -2.06. The fourth-order valence-corrected chi connectivity index (χ4v) is 2.63. The molecular formula is C14H13N5OS. The van der Waals surface area contributed by atoms with Crippen molar-refractivity contribution in [1.29, 1.82) is 0 Å². The zero-order valence-electron chi connectivity index (χ0n) is 11.6. The van der Waals surface area contributed by atoms with Gasteiger partial charge in [0.2, 0.25) is 0 Å². The molecule has 21 heavy (non-hydrogen) atoms. The summed E-state index contributed by atoms with van der Waals surface area (Å²) in [4.78, 5) is 21.8. The molecule has 3 rings (SSSR count). The molecule has 3 aromatic heterocycles. The second-order valence-electron chi connectivity index (χ2n) is 4.62. The van der Waals surface area contributed by atoms with Gasteiger partial charge in [-0.3, -0.25) is 9.78 Å². The number of carbonyl (C=O) groups excluding carboxylic acids is 1. The van der Waals surface area contributed by atoms with Crippen LogP contribution in [0.2, 0.25) is 0 Å². The van der Waals surface area contributed by atoms with Crippen LogP contribution in [-0.4, -0.2) is 44.7 Å². The summed E-state index contributed by atoms with van der Waals surface area (Å²) in [7, 11) is 3.42. The molecule has 0 spiro atoms. The van der Waals surface area contributed by atoms with Gasteiger partial charge >= 0.3 is 0 Å². The first-order chi connectivity index (χ1) is 10.1. The van der Waals surface area contributed by atoms with Crippen molar-refractivity contribution in [3.8, 4) is 16.9 Å². The molecule has 0 radical (unpaired) electrons. The molecule has 3 aromatic rings. The smallest absolute Gasteiger partial charge is 0.282 e. The van der Waals surface area contributed by atoms with Crippen molar-refractivity contribution in [2.75, 3.05) is 14.1 Å². The van der Waals surface area contributed by atoms with Crippen molar-refractivity contribution in [2.24, 2.45) is 0 Å². The molecule has 0 saturated heterocycles. The van der Waals surface area contributed by atoms with Crippen LogP contribution in [0.4, 0.5) is 0 Å². The third kappa shape index (κ3) is 2.68. The minimum atomic E-state index is -0.0918. The Labute approximate surface area is 125 Å². The Morgan fingerprint density at radius 1 is 1.33 bits per heavy atom. The van der Waals surface area contributed by atoms with E-state index in [4.69, 9.17) is 0 Å². The van der Waals surface area contributed by atoms with Crippen molar-refractivity contribution in [3.63, 3.8) is 0 Å². The molecule has 0 saturated carbocycles. The molecule has 0 aliphatic heterocycles. The zero-order chi connectivity index (χ0) is 14.8. The lowest BCUT2D eigenvalue weighted by molar-refractivity contribution is 0.0827. The topological polar surface area (TPSA) is 63.9 Å². The van der Waals surface area contributed by atoms with Crippen LogP contribution >= 0.6 is 11.3 Å². The van der Waals surface area contributed by atoms with Crippen molar-refractivity contribution >= 4 is 17.2 Å². The molecule has 0 N–H and O–H groups in total. The van der Waals surface area contributed by atoms with Gasteiger partial charge in [0.05, 0.1) is 23.8 Å². The number of thiazole rings is 1. The van der Waals surface area contributed by atoms with E-state index in [1.54, 1.807) is 37.4 Å². The molecule has 0 atom stereocenters. The van der Waals surface area contributed by atoms with Crippen molar-refractivity contribution < 1.29 is 4.79 Å². The highest BCUT2D eigenvalue weighted by Gasteiger charge is 2.14. The maximum absolute atomic E-state index is 11.9. The summed E-state index contributed by atoms with van der Waals surface area (Å²) < 4.78 is 1.73. The Bertz CT molecular complexity index is 763. The molecule has 3 heterocycles. The van der Waals surface area contributed by atoms with E-state index < -0.39 is 0 Å². The Morgan fingerprint density at radius 3 is 2.90 bits per heavy atom. The van der Waals surface area contributed by atoms with Crippen LogP contribution in [0.1, 0.15) is 9.80 Å². The molecule has 1 amide bonds. The fraction of sp³-hybridized carbons (Fsp3) is 0.143. The van der Waals surface area contributed by atoms with Gasteiger partial charge in [0, 0.05) is 37.4 Å². The first-order valence-corrected chi connectivity index (χ1v) is 7.16. The largest absolute Gasteiger partial charge is 0.343 e. The number of hydrogen-bond acceptors (Lipinski definition) is 5. The van der Waals surface area contributed by atoms with Crippen LogP contribution in [0.3, 0.4) is 0 Å². The highest BCUT2D eigenvalue weighted by molar-refractivity contribution is 7.12. The van der Waals surface area contributed by atoms with Crippen LogP contribution in [-0.2, 0) is 0 Å². The Kier molecular flexibility index (Phi) is 3.49. The molecular weight excluding hydrogens is 286 g/mol. The third-order valence-corrected chi connectivity index (χ3v) is 3.71. The first-order valence-electron chi connectivity index (χ1n) is 6.28. The lowest BCUT2D eigenvalue weighted by atomic mass is 10.3. The summed E-state index contributed by atoms with van der Waals surface area (Å²) in [5.41, 5.74) is 2.50. The number of amides is 1. The average Bonchev–Trinajstić information content (AvgIpc) is 3.16. The summed E-state index contributed by atoms with van der Waals surface area (Å²) in [6.45, 7) is 0. The standard InChI is InChI=1S/C14H13N5OS/c1-18(2)14(20)13-17-12(9-21-13)10-6-16-19(8-10)11-4-3-5-15-7-11/h3-9H,1-2H3. The van der Waals surface area contributed by atoms with Crippen LogP contribution in [0.5, 0.6) is 0 Å². The number of pyridine rings is 1. The molecule has 7 heteroatoms. The lowest BCUT2D eigenvalue weighted by Crippen LogP contribution is -2.21. The van der Waals surface area contributed by atoms with E-state index in [1.165, 1.54) is 16.2 Å². The summed E-state index contributed by atoms with van der Waals surface area (Å²) in [5.74, 6) is -0.0918. The summed E-state index contributed by atoms with van der Waals surface area (Å²) in [6, 6.07) is 3.78. The second-order valence-corrected chi connectivity index (χ2v) is 5.48. The molecule has 106 valence electrons. The Hall–Kier alpha value is -2.54. The molecule has 6 nitrogen and oxygen atoms in total. The van der Waals surface area contributed by atoms with E-state index in [9.17, 15) is 4.79 Å². The van der Waals surface area contributed by atoms with Crippen molar-refractivity contribution in [3.05, 3.63) is 47.3 Å². The van der Waals surface area contributed by atoms with E-state index in [0.29, 0.717) is 5.01 Å². The van der Waals surface area contributed by atoms with Crippen LogP contribution in [0.15, 0.2) is 42.3 Å². The highest BCUT2D eigenvalue weighted by Crippen LogP contribution is 2.22. The van der Waals surface area contributed by atoms with Gasteiger partial charge < -0.3 is 4.90 Å². The number of rotatable bonds is 3. The summed E-state index contributed by atoms with van der Waals surface area (Å²) >= 11 is 1.33. The van der Waals surface area contributed by atoms with E-state index in [-0.39, 0.29) is 5.91 Å². The molecule has 0 aliphatic carbocycles. The fourth-order valence-electron chi connectivity index (χ4n) is 1.78. The van der Waals surface area contributed by atoms with Gasteiger partial charge in [-0.1, -0.05) is 0 Å². The number of carbonyl (C=O) groups is 1. The van der Waals surface area contributed by atoms with Crippen LogP contribution in [0.25, 0.3) is 16.9 Å². The normalized spacial score (nSPS) is 10.6. The monoisotopic (exact) mass is 299 g/mol. The van der Waals surface area contributed by atoms with Gasteiger partial charge in [-0.25, -0.2) is 9.67 Å². The third-order valence-electron chi connectivity index (χ3n) is 2.88. The van der Waals surface area contributed by atoms with Crippen molar-refractivity contribution in [2.45, 2.75) is 0 Å². The van der Waals surface area contributed by atoms with E-state index in [1.807, 2.05) is 23.7 Å². The van der Waals surface area contributed by atoms with Gasteiger partial charge in [0.1, 0.15) is 0 Å². The Morgan fingerprint density at radius 2 is 2.19 bits per heavy atom. The summed E-state index contributed by atoms with van der Waals surface area (Å²) in [6.07, 6.45) is 7.05. The minimum Gasteiger partial charge on any atom is -0.343 e. The van der Waals surface area contributed by atoms with Crippen LogP contribution < -0.4 is 0 Å². The first kappa shape index (κ1) is 13.4. The van der Waals surface area contributed by atoms with Gasteiger partial charge in [0.15, 0.2) is 5.01 Å². The maximum Gasteiger partial charge on any atom is 0.282 e. The SMILES string of the molecule is CN(C)C(=O)c1nc(-c2cnn(-c3cccnc3)c2)cs1. The molecule has 0 aromatic carbocycles. The number of nitrogens with zero attached hydrogens (tertiary/aromatic N) is 5. The number of aromatic nitrogens is 4. The molecule has 0 bridgehead atoms. The van der Waals surface area contributed by atoms with Gasteiger partial charge in [-0.05, 0) is 12.1 Å². The number of hydrogen-bond donors (Lipinski definition) is 0. The van der Waals surface area contributed by atoms with E-state index in [0.717, 1.165) is 16.9 Å². The quantitative estimate of drug-likeness (QED) is 0.743. The minimum absolute atomic E-state index is 0.0918. The van der Waals surface area contributed by atoms with E-state index in [2.05, 4.69) is 15.1 Å². The maximum atomic E-state index is 11.9. The van der Waals surface area contributed by atoms with Crippen LogP contribution in [0, 0.1) is 0 Å². The highest BCUT2D eigenvalue weighted by atomic mass is 32.1. The molecule has 0 aliphatic rings. The van der Waals surface area contributed by atoms with Crippen molar-refractivity contribution in [1.82, 2.24) is 24.6 Å². The van der Waals surface area contributed by atoms with Gasteiger partial charge in [-0.15, -0.1) is 11.3 Å².